The van der Waals surface area contributed by atoms with E-state index in [1.807, 2.05) is 0 Å². The number of amides is 2. The molecule has 0 unspecified atom stereocenters. The summed E-state index contributed by atoms with van der Waals surface area (Å²) < 4.78 is 24.4. The Bertz CT molecular complexity index is 1100. The van der Waals surface area contributed by atoms with Gasteiger partial charge in [-0.15, -0.1) is 6.58 Å². The van der Waals surface area contributed by atoms with E-state index in [-0.39, 0.29) is 46.2 Å². The van der Waals surface area contributed by atoms with Crippen LogP contribution >= 0.6 is 23.8 Å². The molecule has 9 heteroatoms. The van der Waals surface area contributed by atoms with E-state index in [1.54, 1.807) is 18.2 Å². The van der Waals surface area contributed by atoms with Crippen LogP contribution in [0.1, 0.15) is 11.1 Å². The van der Waals surface area contributed by atoms with Crippen molar-refractivity contribution in [2.24, 2.45) is 0 Å². The van der Waals surface area contributed by atoms with Gasteiger partial charge in [0.25, 0.3) is 11.8 Å². The fourth-order valence-corrected chi connectivity index (χ4v) is 3.42. The maximum absolute atomic E-state index is 13.4. The van der Waals surface area contributed by atoms with Crippen LogP contribution in [0.5, 0.6) is 11.5 Å². The number of nitrogens with one attached hydrogen (secondary N) is 1. The summed E-state index contributed by atoms with van der Waals surface area (Å²) in [6.07, 6.45) is 2.89. The monoisotopic (exact) mass is 460 g/mol. The summed E-state index contributed by atoms with van der Waals surface area (Å²) >= 11 is 11.4. The van der Waals surface area contributed by atoms with Crippen LogP contribution in [-0.4, -0.2) is 35.5 Å². The highest BCUT2D eigenvalue weighted by Gasteiger charge is 2.32. The van der Waals surface area contributed by atoms with E-state index in [1.165, 1.54) is 42.4 Å². The quantitative estimate of drug-likeness (QED) is 0.294. The Labute approximate surface area is 188 Å². The minimum absolute atomic E-state index is 0.0174. The summed E-state index contributed by atoms with van der Waals surface area (Å²) in [5, 5.41) is 2.69. The number of halogens is 2. The number of rotatable bonds is 7. The first kappa shape index (κ1) is 22.5. The summed E-state index contributed by atoms with van der Waals surface area (Å²) in [5.41, 5.74) is 0.957. The van der Waals surface area contributed by atoms with Crippen molar-refractivity contribution in [3.05, 3.63) is 76.6 Å². The van der Waals surface area contributed by atoms with Gasteiger partial charge in [-0.05, 0) is 53.7 Å². The second-order valence-electron chi connectivity index (χ2n) is 6.47. The third-order valence-corrected chi connectivity index (χ3v) is 4.94. The normalized spacial score (nSPS) is 15.1. The van der Waals surface area contributed by atoms with Crippen molar-refractivity contribution in [2.75, 3.05) is 13.7 Å². The van der Waals surface area contributed by atoms with Crippen molar-refractivity contribution < 1.29 is 23.5 Å². The molecule has 0 bridgehead atoms. The molecule has 2 aromatic rings. The molecule has 160 valence electrons. The number of nitrogens with zero attached hydrogens (tertiary/aromatic N) is 1. The minimum Gasteiger partial charge on any atom is -0.493 e. The van der Waals surface area contributed by atoms with Crippen LogP contribution in [0.3, 0.4) is 0 Å². The highest BCUT2D eigenvalue weighted by atomic mass is 35.5. The molecule has 6 nitrogen and oxygen atoms in total. The van der Waals surface area contributed by atoms with Crippen molar-refractivity contribution in [3.63, 3.8) is 0 Å². The highest BCUT2D eigenvalue weighted by Crippen LogP contribution is 2.37. The lowest BCUT2D eigenvalue weighted by Gasteiger charge is -2.27. The van der Waals surface area contributed by atoms with Crippen molar-refractivity contribution in [1.29, 1.82) is 0 Å². The van der Waals surface area contributed by atoms with Crippen molar-refractivity contribution in [1.82, 2.24) is 10.2 Å². The van der Waals surface area contributed by atoms with Gasteiger partial charge in [-0.2, -0.15) is 0 Å². The van der Waals surface area contributed by atoms with E-state index < -0.39 is 11.8 Å². The van der Waals surface area contributed by atoms with Crippen LogP contribution in [0.15, 0.2) is 54.6 Å². The standard InChI is InChI=1S/C22H18ClFN2O4S/c1-3-7-26-21(28)16(20(27)25-22(26)31)9-14-10-17(23)19(18(11-14)29-2)30-12-13-5-4-6-15(24)8-13/h3-6,8-11H,1,7,12H2,2H3,(H,25,27,31)/b16-9+. The van der Waals surface area contributed by atoms with Gasteiger partial charge in [-0.1, -0.05) is 29.8 Å². The smallest absolute Gasteiger partial charge is 0.265 e. The molecule has 0 radical (unpaired) electrons. The number of hydrogen-bond acceptors (Lipinski definition) is 5. The summed E-state index contributed by atoms with van der Waals surface area (Å²) in [4.78, 5) is 26.2. The highest BCUT2D eigenvalue weighted by molar-refractivity contribution is 7.80. The lowest BCUT2D eigenvalue weighted by molar-refractivity contribution is -0.128. The maximum Gasteiger partial charge on any atom is 0.265 e. The number of ether oxygens (including phenoxy) is 2. The molecule has 1 heterocycles. The van der Waals surface area contributed by atoms with Gasteiger partial charge in [0.2, 0.25) is 0 Å². The zero-order valence-electron chi connectivity index (χ0n) is 16.5. The maximum atomic E-state index is 13.4. The Morgan fingerprint density at radius 2 is 2.06 bits per heavy atom. The van der Waals surface area contributed by atoms with E-state index in [0.717, 1.165) is 0 Å². The molecule has 0 atom stereocenters. The fraction of sp³-hybridized carbons (Fsp3) is 0.136. The van der Waals surface area contributed by atoms with Gasteiger partial charge < -0.3 is 9.47 Å². The van der Waals surface area contributed by atoms with Gasteiger partial charge in [-0.25, -0.2) is 4.39 Å². The molecule has 0 spiro atoms. The fourth-order valence-electron chi connectivity index (χ4n) is 2.90. The molecular weight excluding hydrogens is 443 g/mol. The van der Waals surface area contributed by atoms with Crippen LogP contribution < -0.4 is 14.8 Å². The van der Waals surface area contributed by atoms with Gasteiger partial charge in [0.05, 0.1) is 12.1 Å². The molecule has 1 saturated heterocycles. The summed E-state index contributed by atoms with van der Waals surface area (Å²) in [7, 11) is 1.43. The van der Waals surface area contributed by atoms with E-state index >= 15 is 0 Å². The summed E-state index contributed by atoms with van der Waals surface area (Å²) in [6.45, 7) is 3.82. The molecule has 2 aromatic carbocycles. The topological polar surface area (TPSA) is 67.9 Å². The molecule has 0 aliphatic carbocycles. The molecule has 1 aliphatic rings. The largest absolute Gasteiger partial charge is 0.493 e. The minimum atomic E-state index is -0.614. The molecule has 1 aliphatic heterocycles. The van der Waals surface area contributed by atoms with E-state index in [2.05, 4.69) is 11.9 Å². The molecule has 1 N–H and O–H groups in total. The van der Waals surface area contributed by atoms with Crippen LogP contribution in [0, 0.1) is 5.82 Å². The van der Waals surface area contributed by atoms with E-state index in [4.69, 9.17) is 33.3 Å². The zero-order valence-corrected chi connectivity index (χ0v) is 18.1. The molecule has 1 fully saturated rings. The second-order valence-corrected chi connectivity index (χ2v) is 7.27. The van der Waals surface area contributed by atoms with Crippen molar-refractivity contribution in [3.8, 4) is 11.5 Å². The van der Waals surface area contributed by atoms with Gasteiger partial charge in [-0.3, -0.25) is 19.8 Å². The predicted molar refractivity (Wildman–Crippen MR) is 119 cm³/mol. The Morgan fingerprint density at radius 3 is 2.74 bits per heavy atom. The van der Waals surface area contributed by atoms with E-state index in [0.29, 0.717) is 11.1 Å². The lowest BCUT2D eigenvalue weighted by Crippen LogP contribution is -2.53. The number of benzene rings is 2. The van der Waals surface area contributed by atoms with Crippen LogP contribution in [0.25, 0.3) is 6.08 Å². The third-order valence-electron chi connectivity index (χ3n) is 4.33. The Balaban J connectivity index is 1.89. The van der Waals surface area contributed by atoms with Gasteiger partial charge >= 0.3 is 0 Å². The Kier molecular flexibility index (Phi) is 7.04. The summed E-state index contributed by atoms with van der Waals surface area (Å²) in [5.74, 6) is -0.990. The van der Waals surface area contributed by atoms with Crippen LogP contribution in [0.2, 0.25) is 5.02 Å². The molecular formula is C22H18ClFN2O4S. The second kappa shape index (κ2) is 9.72. The molecule has 0 aromatic heterocycles. The average molecular weight is 461 g/mol. The average Bonchev–Trinajstić information content (AvgIpc) is 2.73. The summed E-state index contributed by atoms with van der Waals surface area (Å²) in [6, 6.07) is 9.09. The zero-order chi connectivity index (χ0) is 22.5. The number of thiocarbonyl (C=S) groups is 1. The molecule has 2 amide bonds. The van der Waals surface area contributed by atoms with E-state index in [9.17, 15) is 14.0 Å². The number of carbonyl (C=O) groups is 2. The van der Waals surface area contributed by atoms with Crippen molar-refractivity contribution >= 4 is 46.8 Å². The van der Waals surface area contributed by atoms with Gasteiger partial charge in [0.15, 0.2) is 16.6 Å². The molecule has 31 heavy (non-hydrogen) atoms. The van der Waals surface area contributed by atoms with Crippen molar-refractivity contribution in [2.45, 2.75) is 6.61 Å². The molecule has 3 rings (SSSR count). The number of carbonyl (C=O) groups excluding carboxylic acids is 2. The first-order valence-electron chi connectivity index (χ1n) is 9.08. The lowest BCUT2D eigenvalue weighted by atomic mass is 10.1. The molecule has 0 saturated carbocycles. The van der Waals surface area contributed by atoms with Gasteiger partial charge in [0.1, 0.15) is 18.0 Å². The Morgan fingerprint density at radius 1 is 1.29 bits per heavy atom. The third kappa shape index (κ3) is 5.10. The SMILES string of the molecule is C=CCN1C(=O)/C(=C/c2cc(Cl)c(OCc3cccc(F)c3)c(OC)c2)C(=O)NC1=S. The number of hydrogen-bond donors (Lipinski definition) is 1. The first-order valence-corrected chi connectivity index (χ1v) is 9.87. The number of methoxy groups -OCH3 is 1. The van der Waals surface area contributed by atoms with Gasteiger partial charge in [0, 0.05) is 6.54 Å². The van der Waals surface area contributed by atoms with Crippen LogP contribution in [0.4, 0.5) is 4.39 Å². The Hall–Kier alpha value is -3.23. The predicted octanol–water partition coefficient (Wildman–Crippen LogP) is 3.88. The van der Waals surface area contributed by atoms with Crippen LogP contribution in [-0.2, 0) is 16.2 Å². The first-order chi connectivity index (χ1) is 14.8.